The number of benzene rings is 1. The third kappa shape index (κ3) is 9.49. The van der Waals surface area contributed by atoms with Crippen molar-refractivity contribution >= 4 is 53.1 Å². The third-order valence-electron chi connectivity index (χ3n) is 3.91. The standard InChI is InChI=1S/C20H28ClN5O2.HI/c1-4-22-20(24-13-17-12-18(14(2)3)26-28-17)23-11-5-6-19(27)25-16-9-7-15(21)8-10-16;/h7-10,12,14H,4-6,11,13H2,1-3H3,(H,25,27)(H2,22,23,24);1H. The van der Waals surface area contributed by atoms with Gasteiger partial charge in [0.1, 0.15) is 6.54 Å². The summed E-state index contributed by atoms with van der Waals surface area (Å²) >= 11 is 5.84. The monoisotopic (exact) mass is 533 g/mol. The molecule has 1 aromatic heterocycles. The van der Waals surface area contributed by atoms with Gasteiger partial charge in [-0.05, 0) is 43.5 Å². The van der Waals surface area contributed by atoms with Gasteiger partial charge in [0.2, 0.25) is 5.91 Å². The minimum absolute atomic E-state index is 0. The molecule has 0 unspecified atom stereocenters. The highest BCUT2D eigenvalue weighted by Gasteiger charge is 2.08. The Morgan fingerprint density at radius 3 is 2.59 bits per heavy atom. The van der Waals surface area contributed by atoms with E-state index in [1.165, 1.54) is 0 Å². The van der Waals surface area contributed by atoms with Gasteiger partial charge in [0, 0.05) is 36.3 Å². The molecular formula is C20H29ClIN5O2. The SMILES string of the molecule is CCNC(=NCc1cc(C(C)C)no1)NCCCC(=O)Nc1ccc(Cl)cc1.I. The van der Waals surface area contributed by atoms with Crippen molar-refractivity contribution in [2.24, 2.45) is 4.99 Å². The number of amides is 1. The van der Waals surface area contributed by atoms with E-state index >= 15 is 0 Å². The number of hydrogen-bond donors (Lipinski definition) is 3. The second kappa shape index (κ2) is 13.4. The van der Waals surface area contributed by atoms with E-state index in [1.54, 1.807) is 24.3 Å². The smallest absolute Gasteiger partial charge is 0.224 e. The zero-order chi connectivity index (χ0) is 20.4. The number of carbonyl (C=O) groups is 1. The largest absolute Gasteiger partial charge is 0.359 e. The lowest BCUT2D eigenvalue weighted by atomic mass is 10.1. The van der Waals surface area contributed by atoms with Crippen LogP contribution >= 0.6 is 35.6 Å². The minimum atomic E-state index is -0.0334. The predicted molar refractivity (Wildman–Crippen MR) is 128 cm³/mol. The lowest BCUT2D eigenvalue weighted by molar-refractivity contribution is -0.116. The van der Waals surface area contributed by atoms with Crippen molar-refractivity contribution in [1.82, 2.24) is 15.8 Å². The van der Waals surface area contributed by atoms with E-state index in [9.17, 15) is 4.79 Å². The van der Waals surface area contributed by atoms with Crippen LogP contribution in [0.2, 0.25) is 5.02 Å². The van der Waals surface area contributed by atoms with Gasteiger partial charge in [0.05, 0.1) is 5.69 Å². The fraction of sp³-hybridized carbons (Fsp3) is 0.450. The molecular weight excluding hydrogens is 505 g/mol. The summed E-state index contributed by atoms with van der Waals surface area (Å²) in [6.07, 6.45) is 1.10. The van der Waals surface area contributed by atoms with Crippen molar-refractivity contribution in [3.8, 4) is 0 Å². The van der Waals surface area contributed by atoms with Gasteiger partial charge >= 0.3 is 0 Å². The Morgan fingerprint density at radius 2 is 1.97 bits per heavy atom. The van der Waals surface area contributed by atoms with Crippen LogP contribution in [-0.2, 0) is 11.3 Å². The van der Waals surface area contributed by atoms with Crippen LogP contribution in [0.25, 0.3) is 0 Å². The minimum Gasteiger partial charge on any atom is -0.359 e. The highest BCUT2D eigenvalue weighted by Crippen LogP contribution is 2.15. The van der Waals surface area contributed by atoms with E-state index in [-0.39, 0.29) is 29.9 Å². The molecule has 29 heavy (non-hydrogen) atoms. The number of hydrogen-bond acceptors (Lipinski definition) is 4. The number of rotatable bonds is 9. The van der Waals surface area contributed by atoms with Gasteiger partial charge in [-0.15, -0.1) is 24.0 Å². The lowest BCUT2D eigenvalue weighted by Crippen LogP contribution is -2.38. The molecule has 160 valence electrons. The molecule has 0 aliphatic rings. The molecule has 3 N–H and O–H groups in total. The number of aromatic nitrogens is 1. The molecule has 0 spiro atoms. The van der Waals surface area contributed by atoms with Gasteiger partial charge in [-0.2, -0.15) is 0 Å². The Kier molecular flexibility index (Phi) is 11.7. The van der Waals surface area contributed by atoms with Crippen LogP contribution in [0.4, 0.5) is 5.69 Å². The maximum atomic E-state index is 12.0. The molecule has 0 saturated heterocycles. The number of nitrogens with one attached hydrogen (secondary N) is 3. The van der Waals surface area contributed by atoms with Gasteiger partial charge in [-0.1, -0.05) is 30.6 Å². The number of aliphatic imine (C=N–C) groups is 1. The Bertz CT molecular complexity index is 777. The summed E-state index contributed by atoms with van der Waals surface area (Å²) < 4.78 is 5.30. The quantitative estimate of drug-likeness (QED) is 0.190. The van der Waals surface area contributed by atoms with Gasteiger partial charge in [0.15, 0.2) is 11.7 Å². The van der Waals surface area contributed by atoms with Crippen molar-refractivity contribution in [1.29, 1.82) is 0 Å². The molecule has 0 aliphatic carbocycles. The molecule has 9 heteroatoms. The van der Waals surface area contributed by atoms with Crippen LogP contribution in [0.5, 0.6) is 0 Å². The number of nitrogens with zero attached hydrogens (tertiary/aromatic N) is 2. The first kappa shape index (κ1) is 25.2. The summed E-state index contributed by atoms with van der Waals surface area (Å²) in [6.45, 7) is 7.93. The first-order chi connectivity index (χ1) is 13.5. The van der Waals surface area contributed by atoms with Gasteiger partial charge in [-0.25, -0.2) is 4.99 Å². The first-order valence-electron chi connectivity index (χ1n) is 9.51. The van der Waals surface area contributed by atoms with E-state index in [1.807, 2.05) is 13.0 Å². The van der Waals surface area contributed by atoms with Crippen molar-refractivity contribution < 1.29 is 9.32 Å². The molecule has 0 radical (unpaired) electrons. The first-order valence-corrected chi connectivity index (χ1v) is 9.88. The van der Waals surface area contributed by atoms with Crippen molar-refractivity contribution in [2.75, 3.05) is 18.4 Å². The second-order valence-corrected chi connectivity index (χ2v) is 7.09. The third-order valence-corrected chi connectivity index (χ3v) is 4.16. The van der Waals surface area contributed by atoms with Crippen molar-refractivity contribution in [2.45, 2.75) is 46.1 Å². The number of carbonyl (C=O) groups excluding carboxylic acids is 1. The summed E-state index contributed by atoms with van der Waals surface area (Å²) in [4.78, 5) is 16.5. The number of anilines is 1. The molecule has 0 fully saturated rings. The molecule has 0 saturated carbocycles. The summed E-state index contributed by atoms with van der Waals surface area (Å²) in [7, 11) is 0. The van der Waals surface area contributed by atoms with Crippen molar-refractivity contribution in [3.63, 3.8) is 0 Å². The van der Waals surface area contributed by atoms with E-state index in [4.69, 9.17) is 16.1 Å². The molecule has 1 heterocycles. The zero-order valence-electron chi connectivity index (χ0n) is 17.0. The van der Waals surface area contributed by atoms with Crippen LogP contribution < -0.4 is 16.0 Å². The molecule has 0 aliphatic heterocycles. The number of guanidine groups is 1. The van der Waals surface area contributed by atoms with Gasteiger partial charge in [0.25, 0.3) is 0 Å². The molecule has 0 atom stereocenters. The molecule has 0 bridgehead atoms. The second-order valence-electron chi connectivity index (χ2n) is 6.65. The highest BCUT2D eigenvalue weighted by molar-refractivity contribution is 14.0. The van der Waals surface area contributed by atoms with Crippen LogP contribution in [-0.4, -0.2) is 30.1 Å². The van der Waals surface area contributed by atoms with E-state index in [0.29, 0.717) is 42.8 Å². The average molecular weight is 534 g/mol. The normalized spacial score (nSPS) is 11.1. The molecule has 7 nitrogen and oxygen atoms in total. The fourth-order valence-corrected chi connectivity index (χ4v) is 2.51. The predicted octanol–water partition coefficient (Wildman–Crippen LogP) is 4.54. The van der Waals surface area contributed by atoms with E-state index in [2.05, 4.69) is 39.9 Å². The Balaban J connectivity index is 0.00000420. The highest BCUT2D eigenvalue weighted by atomic mass is 127. The van der Waals surface area contributed by atoms with Crippen LogP contribution in [0.1, 0.15) is 51.0 Å². The van der Waals surface area contributed by atoms with E-state index < -0.39 is 0 Å². The average Bonchev–Trinajstić information content (AvgIpc) is 3.14. The lowest BCUT2D eigenvalue weighted by Gasteiger charge is -2.11. The molecule has 1 amide bonds. The van der Waals surface area contributed by atoms with Crippen LogP contribution in [0, 0.1) is 0 Å². The van der Waals surface area contributed by atoms with E-state index in [0.717, 1.165) is 23.7 Å². The zero-order valence-corrected chi connectivity index (χ0v) is 20.1. The number of halogens is 2. The maximum absolute atomic E-state index is 12.0. The topological polar surface area (TPSA) is 91.6 Å². The molecule has 2 aromatic rings. The van der Waals surface area contributed by atoms with Crippen molar-refractivity contribution in [3.05, 3.63) is 46.8 Å². The summed E-state index contributed by atoms with van der Waals surface area (Å²) in [5.41, 5.74) is 1.67. The molecule has 1 aromatic carbocycles. The Hall–Kier alpha value is -1.81. The molecule has 2 rings (SSSR count). The summed E-state index contributed by atoms with van der Waals surface area (Å²) in [6, 6.07) is 8.98. The van der Waals surface area contributed by atoms with Gasteiger partial charge < -0.3 is 20.5 Å². The summed E-state index contributed by atoms with van der Waals surface area (Å²) in [5, 5.41) is 13.9. The summed E-state index contributed by atoms with van der Waals surface area (Å²) in [5.74, 6) is 1.70. The Labute approximate surface area is 194 Å². The van der Waals surface area contributed by atoms with Crippen LogP contribution in [0.3, 0.4) is 0 Å². The maximum Gasteiger partial charge on any atom is 0.224 e. The fourth-order valence-electron chi connectivity index (χ4n) is 2.39. The Morgan fingerprint density at radius 1 is 1.24 bits per heavy atom. The van der Waals surface area contributed by atoms with Crippen LogP contribution in [0.15, 0.2) is 39.8 Å². The van der Waals surface area contributed by atoms with Gasteiger partial charge in [-0.3, -0.25) is 4.79 Å².